The summed E-state index contributed by atoms with van der Waals surface area (Å²) in [6.07, 6.45) is 0. The van der Waals surface area contributed by atoms with Gasteiger partial charge in [-0.1, -0.05) is 17.7 Å². The average molecular weight is 307 g/mol. The van der Waals surface area contributed by atoms with Gasteiger partial charge in [0, 0.05) is 16.4 Å². The van der Waals surface area contributed by atoms with Crippen LogP contribution >= 0.6 is 11.6 Å². The normalized spacial score (nSPS) is 10.5. The Balaban J connectivity index is 2.38. The lowest BCUT2D eigenvalue weighted by Gasteiger charge is -2.10. The van der Waals surface area contributed by atoms with E-state index in [1.165, 1.54) is 0 Å². The number of halogens is 1. The predicted molar refractivity (Wildman–Crippen MR) is 81.4 cm³/mol. The molecular weight excluding hydrogens is 292 g/mol. The first kappa shape index (κ1) is 15.1. The Morgan fingerprint density at radius 3 is 2.43 bits per heavy atom. The number of amides is 1. The van der Waals surface area contributed by atoms with Crippen molar-refractivity contribution < 1.29 is 14.7 Å². The number of anilines is 1. The molecule has 0 aliphatic rings. The molecule has 1 amide bonds. The number of carboxylic acid groups (broad SMARTS) is 1. The van der Waals surface area contributed by atoms with Crippen LogP contribution in [0, 0.1) is 20.8 Å². The molecule has 0 fully saturated rings. The molecule has 0 saturated heterocycles. The van der Waals surface area contributed by atoms with Gasteiger partial charge in [-0.3, -0.25) is 4.79 Å². The average Bonchev–Trinajstić information content (AvgIpc) is 2.70. The van der Waals surface area contributed by atoms with Gasteiger partial charge in [-0.25, -0.2) is 4.79 Å². The lowest BCUT2D eigenvalue weighted by atomic mass is 10.1. The van der Waals surface area contributed by atoms with Gasteiger partial charge in [-0.05, 0) is 44.0 Å². The number of aromatic nitrogens is 1. The maximum absolute atomic E-state index is 12.4. The maximum Gasteiger partial charge on any atom is 0.352 e. The van der Waals surface area contributed by atoms with Crippen molar-refractivity contribution in [1.82, 2.24) is 4.98 Å². The highest BCUT2D eigenvalue weighted by Crippen LogP contribution is 2.25. The van der Waals surface area contributed by atoms with Crippen LogP contribution in [0.15, 0.2) is 18.2 Å². The van der Waals surface area contributed by atoms with Crippen molar-refractivity contribution >= 4 is 29.2 Å². The zero-order valence-electron chi connectivity index (χ0n) is 11.9. The highest BCUT2D eigenvalue weighted by Gasteiger charge is 2.22. The number of aromatic amines is 1. The third-order valence-electron chi connectivity index (χ3n) is 3.39. The number of H-pyrrole nitrogens is 1. The molecule has 0 unspecified atom stereocenters. The highest BCUT2D eigenvalue weighted by atomic mass is 35.5. The van der Waals surface area contributed by atoms with Gasteiger partial charge in [0.1, 0.15) is 5.69 Å². The number of aromatic carboxylic acids is 1. The molecule has 21 heavy (non-hydrogen) atoms. The summed E-state index contributed by atoms with van der Waals surface area (Å²) in [4.78, 5) is 26.2. The molecule has 2 rings (SSSR count). The Labute approximate surface area is 126 Å². The zero-order chi connectivity index (χ0) is 15.7. The minimum atomic E-state index is -1.09. The molecule has 0 spiro atoms. The van der Waals surface area contributed by atoms with E-state index < -0.39 is 5.97 Å². The molecule has 5 nitrogen and oxygen atoms in total. The second-order valence-electron chi connectivity index (χ2n) is 4.80. The van der Waals surface area contributed by atoms with Crippen LogP contribution in [0.5, 0.6) is 0 Å². The molecule has 2 aromatic rings. The first-order chi connectivity index (χ1) is 9.82. The Kier molecular flexibility index (Phi) is 4.04. The van der Waals surface area contributed by atoms with Gasteiger partial charge in [0.25, 0.3) is 5.91 Å². The summed E-state index contributed by atoms with van der Waals surface area (Å²) in [7, 11) is 0. The van der Waals surface area contributed by atoms with Crippen LogP contribution in [0.3, 0.4) is 0 Å². The van der Waals surface area contributed by atoms with Crippen molar-refractivity contribution in [3.63, 3.8) is 0 Å². The van der Waals surface area contributed by atoms with Gasteiger partial charge in [-0.2, -0.15) is 0 Å². The Hall–Kier alpha value is -2.27. The third kappa shape index (κ3) is 2.78. The second-order valence-corrected chi connectivity index (χ2v) is 5.20. The van der Waals surface area contributed by atoms with Crippen LogP contribution < -0.4 is 5.32 Å². The fourth-order valence-electron chi connectivity index (χ4n) is 2.23. The van der Waals surface area contributed by atoms with Crippen molar-refractivity contribution in [3.05, 3.63) is 51.3 Å². The number of hydrogen-bond donors (Lipinski definition) is 3. The van der Waals surface area contributed by atoms with E-state index in [2.05, 4.69) is 10.3 Å². The first-order valence-electron chi connectivity index (χ1n) is 6.31. The number of carbonyl (C=O) groups excluding carboxylic acids is 1. The summed E-state index contributed by atoms with van der Waals surface area (Å²) in [5.74, 6) is -1.45. The zero-order valence-corrected chi connectivity index (χ0v) is 12.6. The van der Waals surface area contributed by atoms with Gasteiger partial charge in [-0.15, -0.1) is 0 Å². The molecule has 0 bridgehead atoms. The van der Waals surface area contributed by atoms with Crippen molar-refractivity contribution in [2.24, 2.45) is 0 Å². The van der Waals surface area contributed by atoms with Crippen LogP contribution in [-0.4, -0.2) is 22.0 Å². The highest BCUT2D eigenvalue weighted by molar-refractivity contribution is 6.31. The van der Waals surface area contributed by atoms with Gasteiger partial charge in [0.2, 0.25) is 0 Å². The standard InChI is InChI=1S/C15H15ClN2O3/c1-7-10(16)5-4-6-11(7)18-14(19)12-8(2)13(15(20)21)17-9(12)3/h4-6,17H,1-3H3,(H,18,19)(H,20,21). The SMILES string of the molecule is Cc1[nH]c(C(=O)O)c(C)c1C(=O)Nc1cccc(Cl)c1C. The van der Waals surface area contributed by atoms with Crippen molar-refractivity contribution in [2.45, 2.75) is 20.8 Å². The quantitative estimate of drug-likeness (QED) is 0.811. The molecule has 1 aromatic heterocycles. The van der Waals surface area contributed by atoms with Crippen LogP contribution in [0.1, 0.15) is 37.7 Å². The molecule has 0 saturated carbocycles. The summed E-state index contributed by atoms with van der Waals surface area (Å²) >= 11 is 6.02. The van der Waals surface area contributed by atoms with Gasteiger partial charge >= 0.3 is 5.97 Å². The minimum Gasteiger partial charge on any atom is -0.477 e. The summed E-state index contributed by atoms with van der Waals surface area (Å²) < 4.78 is 0. The fourth-order valence-corrected chi connectivity index (χ4v) is 2.41. The number of carboxylic acids is 1. The molecule has 1 aromatic carbocycles. The number of carbonyl (C=O) groups is 2. The fraction of sp³-hybridized carbons (Fsp3) is 0.200. The minimum absolute atomic E-state index is 0.0282. The Morgan fingerprint density at radius 2 is 1.86 bits per heavy atom. The van der Waals surface area contributed by atoms with E-state index in [1.54, 1.807) is 39.0 Å². The molecule has 0 aliphatic heterocycles. The summed E-state index contributed by atoms with van der Waals surface area (Å²) in [6.45, 7) is 5.07. The largest absolute Gasteiger partial charge is 0.477 e. The van der Waals surface area contributed by atoms with Gasteiger partial charge in [0.15, 0.2) is 0 Å². The molecule has 110 valence electrons. The molecule has 1 heterocycles. The van der Waals surface area contributed by atoms with Crippen LogP contribution in [0.4, 0.5) is 5.69 Å². The second kappa shape index (κ2) is 5.61. The van der Waals surface area contributed by atoms with Crippen LogP contribution in [-0.2, 0) is 0 Å². The van der Waals surface area contributed by atoms with E-state index in [9.17, 15) is 9.59 Å². The molecule has 3 N–H and O–H groups in total. The lowest BCUT2D eigenvalue weighted by molar-refractivity contribution is 0.0690. The molecule has 0 aliphatic carbocycles. The molecule has 0 radical (unpaired) electrons. The van der Waals surface area contributed by atoms with Crippen LogP contribution in [0.2, 0.25) is 5.02 Å². The number of rotatable bonds is 3. The van der Waals surface area contributed by atoms with Gasteiger partial charge < -0.3 is 15.4 Å². The molecular formula is C15H15ClN2O3. The number of benzene rings is 1. The van der Waals surface area contributed by atoms with E-state index in [0.717, 1.165) is 5.56 Å². The predicted octanol–water partition coefficient (Wildman–Crippen LogP) is 3.54. The smallest absolute Gasteiger partial charge is 0.352 e. The van der Waals surface area contributed by atoms with Crippen molar-refractivity contribution in [2.75, 3.05) is 5.32 Å². The van der Waals surface area contributed by atoms with E-state index in [-0.39, 0.29) is 11.6 Å². The van der Waals surface area contributed by atoms with Crippen molar-refractivity contribution in [1.29, 1.82) is 0 Å². The van der Waals surface area contributed by atoms with Crippen molar-refractivity contribution in [3.8, 4) is 0 Å². The summed E-state index contributed by atoms with van der Waals surface area (Å²) in [5, 5.41) is 12.4. The van der Waals surface area contributed by atoms with E-state index in [1.807, 2.05) is 0 Å². The number of nitrogens with one attached hydrogen (secondary N) is 2. The number of hydrogen-bond acceptors (Lipinski definition) is 2. The Morgan fingerprint density at radius 1 is 1.19 bits per heavy atom. The van der Waals surface area contributed by atoms with E-state index in [4.69, 9.17) is 16.7 Å². The van der Waals surface area contributed by atoms with E-state index >= 15 is 0 Å². The Bertz CT molecular complexity index is 735. The molecule has 0 atom stereocenters. The third-order valence-corrected chi connectivity index (χ3v) is 3.80. The topological polar surface area (TPSA) is 82.2 Å². The van der Waals surface area contributed by atoms with Crippen LogP contribution in [0.25, 0.3) is 0 Å². The molecule has 6 heteroatoms. The summed E-state index contributed by atoms with van der Waals surface area (Å²) in [5.41, 5.74) is 2.66. The first-order valence-corrected chi connectivity index (χ1v) is 6.69. The summed E-state index contributed by atoms with van der Waals surface area (Å²) in [6, 6.07) is 5.22. The number of aryl methyl sites for hydroxylation is 1. The monoisotopic (exact) mass is 306 g/mol. The van der Waals surface area contributed by atoms with E-state index in [0.29, 0.717) is 27.5 Å². The van der Waals surface area contributed by atoms with Gasteiger partial charge in [0.05, 0.1) is 5.56 Å². The lowest BCUT2D eigenvalue weighted by Crippen LogP contribution is -2.14. The maximum atomic E-state index is 12.4.